The van der Waals surface area contributed by atoms with Crippen LogP contribution in [0.4, 0.5) is 0 Å². The first-order valence-electron chi connectivity index (χ1n) is 13.3. The van der Waals surface area contributed by atoms with Crippen molar-refractivity contribution < 1.29 is 4.74 Å². The molecule has 0 saturated carbocycles. The molecule has 2 aliphatic rings. The minimum absolute atomic E-state index is 0.496. The normalized spacial score (nSPS) is 18.1. The van der Waals surface area contributed by atoms with Crippen molar-refractivity contribution in [3.8, 4) is 0 Å². The van der Waals surface area contributed by atoms with Crippen molar-refractivity contribution in [3.05, 3.63) is 101 Å². The molecule has 1 atom stereocenters. The lowest BCUT2D eigenvalue weighted by Gasteiger charge is -2.43. The lowest BCUT2D eigenvalue weighted by molar-refractivity contribution is 0.0493. The zero-order valence-corrected chi connectivity index (χ0v) is 21.1. The van der Waals surface area contributed by atoms with Gasteiger partial charge in [0.2, 0.25) is 0 Å². The van der Waals surface area contributed by atoms with Crippen LogP contribution < -0.4 is 0 Å². The van der Waals surface area contributed by atoms with Crippen LogP contribution in [0.2, 0.25) is 0 Å². The van der Waals surface area contributed by atoms with E-state index in [1.54, 1.807) is 11.1 Å². The minimum atomic E-state index is 0.496. The number of rotatable bonds is 10. The second kappa shape index (κ2) is 11.9. The molecule has 1 fully saturated rings. The maximum atomic E-state index is 5.55. The Kier molecular flexibility index (Phi) is 8.25. The summed E-state index contributed by atoms with van der Waals surface area (Å²) >= 11 is 0. The van der Waals surface area contributed by atoms with Crippen LogP contribution in [0.1, 0.15) is 35.1 Å². The van der Waals surface area contributed by atoms with Crippen molar-refractivity contribution in [2.75, 3.05) is 33.4 Å². The van der Waals surface area contributed by atoms with E-state index in [4.69, 9.17) is 4.74 Å². The Hall–Kier alpha value is -2.53. The van der Waals surface area contributed by atoms with Crippen LogP contribution in [0.15, 0.2) is 79.1 Å². The predicted octanol–water partition coefficient (Wildman–Crippen LogP) is 5.02. The molecule has 35 heavy (non-hydrogen) atoms. The third-order valence-corrected chi connectivity index (χ3v) is 8.11. The first-order chi connectivity index (χ1) is 17.3. The highest BCUT2D eigenvalue weighted by Gasteiger charge is 2.34. The van der Waals surface area contributed by atoms with Crippen LogP contribution in [0.5, 0.6) is 0 Å². The fourth-order valence-electron chi connectivity index (χ4n) is 6.21. The van der Waals surface area contributed by atoms with Gasteiger partial charge < -0.3 is 4.74 Å². The lowest BCUT2D eigenvalue weighted by atomic mass is 9.84. The number of pyridine rings is 1. The molecule has 2 aromatic carbocycles. The number of likely N-dealkylation sites (tertiary alicyclic amines) is 1. The summed E-state index contributed by atoms with van der Waals surface area (Å²) in [6.07, 6.45) is 9.93. The Morgan fingerprint density at radius 3 is 2.26 bits per heavy atom. The van der Waals surface area contributed by atoms with E-state index in [1.165, 1.54) is 49.9 Å². The summed E-state index contributed by atoms with van der Waals surface area (Å²) in [6, 6.07) is 25.5. The van der Waals surface area contributed by atoms with Crippen LogP contribution in [0.3, 0.4) is 0 Å². The molecule has 5 rings (SSSR count). The summed E-state index contributed by atoms with van der Waals surface area (Å²) in [5.41, 5.74) is 5.83. The van der Waals surface area contributed by atoms with Gasteiger partial charge >= 0.3 is 0 Å². The van der Waals surface area contributed by atoms with Crippen molar-refractivity contribution in [1.29, 1.82) is 0 Å². The number of hydrogen-bond acceptors (Lipinski definition) is 4. The Bertz CT molecular complexity index is 1010. The molecule has 1 saturated heterocycles. The summed E-state index contributed by atoms with van der Waals surface area (Å²) < 4.78 is 5.55. The number of ether oxygens (including phenoxy) is 1. The Labute approximate surface area is 210 Å². The zero-order chi connectivity index (χ0) is 23.9. The van der Waals surface area contributed by atoms with Gasteiger partial charge in [-0.1, -0.05) is 60.7 Å². The maximum Gasteiger partial charge on any atom is 0.0589 e. The number of nitrogens with zero attached hydrogens (tertiary/aromatic N) is 3. The highest BCUT2D eigenvalue weighted by atomic mass is 16.5. The Balaban J connectivity index is 1.30. The fraction of sp³-hybridized carbons (Fsp3) is 0.452. The first kappa shape index (κ1) is 24.2. The van der Waals surface area contributed by atoms with Crippen molar-refractivity contribution in [1.82, 2.24) is 14.8 Å². The summed E-state index contributed by atoms with van der Waals surface area (Å²) in [5, 5.41) is 0. The average Bonchev–Trinajstić information content (AvgIpc) is 3.36. The van der Waals surface area contributed by atoms with Crippen LogP contribution >= 0.6 is 0 Å². The molecule has 4 heteroatoms. The second-order valence-corrected chi connectivity index (χ2v) is 10.3. The van der Waals surface area contributed by atoms with Gasteiger partial charge in [-0.2, -0.15) is 0 Å². The van der Waals surface area contributed by atoms with Gasteiger partial charge in [0.25, 0.3) is 0 Å². The number of fused-ring (bicyclic) bond motifs is 1. The minimum Gasteiger partial charge on any atom is -0.383 e. The van der Waals surface area contributed by atoms with E-state index in [9.17, 15) is 0 Å². The molecule has 0 amide bonds. The molecule has 1 aromatic heterocycles. The molecule has 0 bridgehead atoms. The maximum absolute atomic E-state index is 5.55. The van der Waals surface area contributed by atoms with Crippen molar-refractivity contribution in [2.24, 2.45) is 5.92 Å². The predicted molar refractivity (Wildman–Crippen MR) is 142 cm³/mol. The molecule has 0 N–H and O–H groups in total. The smallest absolute Gasteiger partial charge is 0.0589 e. The van der Waals surface area contributed by atoms with Crippen molar-refractivity contribution >= 4 is 0 Å². The molecule has 1 aliphatic heterocycles. The van der Waals surface area contributed by atoms with E-state index in [0.29, 0.717) is 18.0 Å². The molecule has 4 nitrogen and oxygen atoms in total. The largest absolute Gasteiger partial charge is 0.383 e. The number of methoxy groups -OCH3 is 1. The lowest BCUT2D eigenvalue weighted by Crippen LogP contribution is -2.49. The van der Waals surface area contributed by atoms with Crippen LogP contribution in [0, 0.1) is 5.92 Å². The van der Waals surface area contributed by atoms with E-state index >= 15 is 0 Å². The molecule has 0 radical (unpaired) electrons. The molecule has 184 valence electrons. The number of aromatic nitrogens is 1. The van der Waals surface area contributed by atoms with Gasteiger partial charge in [-0.3, -0.25) is 14.8 Å². The van der Waals surface area contributed by atoms with Gasteiger partial charge in [-0.05, 0) is 79.4 Å². The molecular weight excluding hydrogens is 430 g/mol. The van der Waals surface area contributed by atoms with Crippen molar-refractivity contribution in [2.45, 2.75) is 50.7 Å². The van der Waals surface area contributed by atoms with Crippen LogP contribution in [0.25, 0.3) is 0 Å². The number of hydrogen-bond donors (Lipinski definition) is 0. The summed E-state index contributed by atoms with van der Waals surface area (Å²) in [6.45, 7) is 5.04. The quantitative estimate of drug-likeness (QED) is 0.417. The fourth-order valence-corrected chi connectivity index (χ4v) is 6.21. The third kappa shape index (κ3) is 6.19. The topological polar surface area (TPSA) is 28.6 Å². The second-order valence-electron chi connectivity index (χ2n) is 10.3. The molecule has 0 unspecified atom stereocenters. The van der Waals surface area contributed by atoms with Gasteiger partial charge in [0.15, 0.2) is 0 Å². The third-order valence-electron chi connectivity index (χ3n) is 8.11. The Morgan fingerprint density at radius 2 is 1.60 bits per heavy atom. The molecular formula is C31H39N3O. The van der Waals surface area contributed by atoms with E-state index in [-0.39, 0.29) is 0 Å². The van der Waals surface area contributed by atoms with E-state index < -0.39 is 0 Å². The van der Waals surface area contributed by atoms with Gasteiger partial charge in [0, 0.05) is 44.7 Å². The van der Waals surface area contributed by atoms with Crippen LogP contribution in [-0.2, 0) is 30.5 Å². The van der Waals surface area contributed by atoms with E-state index in [0.717, 1.165) is 26.1 Å². The SMILES string of the molecule is COCCN(Cc1cccnc1)[C@H](Cc1ccccc1)C1CCN(C2Cc3ccccc3C2)CC1. The summed E-state index contributed by atoms with van der Waals surface area (Å²) in [5.74, 6) is 0.684. The van der Waals surface area contributed by atoms with Gasteiger partial charge in [-0.25, -0.2) is 0 Å². The monoisotopic (exact) mass is 469 g/mol. The van der Waals surface area contributed by atoms with Gasteiger partial charge in [-0.15, -0.1) is 0 Å². The number of benzene rings is 2. The van der Waals surface area contributed by atoms with Gasteiger partial charge in [0.05, 0.1) is 6.61 Å². The summed E-state index contributed by atoms with van der Waals surface area (Å²) in [7, 11) is 1.81. The number of piperidine rings is 1. The van der Waals surface area contributed by atoms with Gasteiger partial charge in [0.1, 0.15) is 0 Å². The Morgan fingerprint density at radius 1 is 0.914 bits per heavy atom. The van der Waals surface area contributed by atoms with Crippen LogP contribution in [-0.4, -0.2) is 60.2 Å². The highest BCUT2D eigenvalue weighted by Crippen LogP contribution is 2.32. The highest BCUT2D eigenvalue weighted by molar-refractivity contribution is 5.33. The summed E-state index contributed by atoms with van der Waals surface area (Å²) in [4.78, 5) is 9.82. The van der Waals surface area contributed by atoms with E-state index in [2.05, 4.69) is 75.4 Å². The molecule has 3 aromatic rings. The average molecular weight is 470 g/mol. The molecule has 2 heterocycles. The standard InChI is InChI=1S/C31H39N3O/c1-35-19-18-34(24-26-10-7-15-32-23-26)31(20-25-8-3-2-4-9-25)27-13-16-33(17-14-27)30-21-28-11-5-6-12-29(28)22-30/h2-12,15,23,27,30-31H,13-14,16-22,24H2,1H3/t31-/m1/s1. The zero-order valence-electron chi connectivity index (χ0n) is 21.1. The molecule has 1 aliphatic carbocycles. The first-order valence-corrected chi connectivity index (χ1v) is 13.3. The van der Waals surface area contributed by atoms with Crippen molar-refractivity contribution in [3.63, 3.8) is 0 Å². The van der Waals surface area contributed by atoms with E-state index in [1.807, 2.05) is 25.6 Å². The molecule has 0 spiro atoms.